The number of ether oxygens (including phenoxy) is 2. The van der Waals surface area contributed by atoms with Gasteiger partial charge in [-0.25, -0.2) is 9.78 Å². The Morgan fingerprint density at radius 2 is 2.10 bits per heavy atom. The number of rotatable bonds is 5. The van der Waals surface area contributed by atoms with E-state index in [1.807, 2.05) is 12.1 Å². The standard InChI is InChI=1S/C30H33N7O4/c1-17(22-6-4-12-36(22)2)40-24-15-23(37-13-14-39-29(37)38)33-28(34-24)26-19-5-3-10-30(27(19)41-35-26)11-9-18-7-8-21(32)20(16-31)25(18)30/h7-8,15,17,22H,3-6,9-14,32H2,1-2H3. The van der Waals surface area contributed by atoms with Gasteiger partial charge >= 0.3 is 6.09 Å². The summed E-state index contributed by atoms with van der Waals surface area (Å²) in [5, 5.41) is 14.5. The van der Waals surface area contributed by atoms with E-state index >= 15 is 0 Å². The number of nitrogens with two attached hydrogens (primary N) is 1. The van der Waals surface area contributed by atoms with Crippen LogP contribution in [0.4, 0.5) is 16.3 Å². The number of hydrogen-bond donors (Lipinski definition) is 1. The average molecular weight is 556 g/mol. The summed E-state index contributed by atoms with van der Waals surface area (Å²) in [7, 11) is 2.11. The van der Waals surface area contributed by atoms with Crippen molar-refractivity contribution in [3.05, 3.63) is 46.2 Å². The molecule has 11 heteroatoms. The third kappa shape index (κ3) is 4.03. The fourth-order valence-electron chi connectivity index (χ4n) is 7.38. The largest absolute Gasteiger partial charge is 0.473 e. The number of nitrogens with zero attached hydrogens (tertiary/aromatic N) is 6. The van der Waals surface area contributed by atoms with Crippen LogP contribution in [0, 0.1) is 11.3 Å². The first-order chi connectivity index (χ1) is 19.9. The lowest BCUT2D eigenvalue weighted by molar-refractivity contribution is 0.117. The van der Waals surface area contributed by atoms with Gasteiger partial charge in [0, 0.05) is 23.4 Å². The van der Waals surface area contributed by atoms with E-state index in [4.69, 9.17) is 29.7 Å². The second-order valence-electron chi connectivity index (χ2n) is 11.6. The third-order valence-electron chi connectivity index (χ3n) is 9.35. The Labute approximate surface area is 238 Å². The topological polar surface area (TPSA) is 144 Å². The molecule has 212 valence electrons. The van der Waals surface area contributed by atoms with E-state index in [2.05, 4.69) is 30.1 Å². The Hall–Kier alpha value is -4.17. The smallest absolute Gasteiger partial charge is 0.415 e. The Bertz CT molecular complexity index is 1580. The predicted octanol–water partition coefficient (Wildman–Crippen LogP) is 3.97. The summed E-state index contributed by atoms with van der Waals surface area (Å²) in [5.74, 6) is 1.90. The van der Waals surface area contributed by atoms with E-state index in [1.165, 1.54) is 4.90 Å². The van der Waals surface area contributed by atoms with E-state index in [0.717, 1.165) is 73.9 Å². The zero-order valence-corrected chi connectivity index (χ0v) is 23.4. The third-order valence-corrected chi connectivity index (χ3v) is 9.35. The molecule has 41 heavy (non-hydrogen) atoms. The highest BCUT2D eigenvalue weighted by Crippen LogP contribution is 2.54. The second kappa shape index (κ2) is 9.73. The van der Waals surface area contributed by atoms with Gasteiger partial charge in [-0.3, -0.25) is 9.80 Å². The monoisotopic (exact) mass is 555 g/mol. The van der Waals surface area contributed by atoms with Gasteiger partial charge in [-0.15, -0.1) is 0 Å². The van der Waals surface area contributed by atoms with Crippen molar-refractivity contribution in [3.63, 3.8) is 0 Å². The van der Waals surface area contributed by atoms with Gasteiger partial charge in [0.15, 0.2) is 17.3 Å². The van der Waals surface area contributed by atoms with Crippen LogP contribution in [0.2, 0.25) is 0 Å². The molecular weight excluding hydrogens is 522 g/mol. The van der Waals surface area contributed by atoms with Crippen LogP contribution in [-0.2, 0) is 23.0 Å². The fourth-order valence-corrected chi connectivity index (χ4v) is 7.38. The molecule has 2 aromatic heterocycles. The van der Waals surface area contributed by atoms with Gasteiger partial charge in [0.25, 0.3) is 0 Å². The number of nitrogen functional groups attached to an aromatic ring is 1. The minimum atomic E-state index is -0.466. The summed E-state index contributed by atoms with van der Waals surface area (Å²) in [4.78, 5) is 25.9. The van der Waals surface area contributed by atoms with Gasteiger partial charge < -0.3 is 19.7 Å². The van der Waals surface area contributed by atoms with Gasteiger partial charge in [0.1, 0.15) is 24.6 Å². The average Bonchev–Trinajstić information content (AvgIpc) is 3.76. The number of hydrogen-bond acceptors (Lipinski definition) is 10. The summed E-state index contributed by atoms with van der Waals surface area (Å²) in [5.41, 5.74) is 10.4. The number of fused-ring (bicyclic) bond motifs is 4. The van der Waals surface area contributed by atoms with Gasteiger partial charge in [0.2, 0.25) is 5.88 Å². The molecule has 3 aromatic rings. The Kier molecular flexibility index (Phi) is 6.12. The highest BCUT2D eigenvalue weighted by Gasteiger charge is 2.49. The normalized spacial score (nSPS) is 24.3. The molecule has 7 rings (SSSR count). The number of aromatic nitrogens is 3. The number of benzene rings is 1. The van der Waals surface area contributed by atoms with Crippen LogP contribution in [0.15, 0.2) is 22.7 Å². The molecule has 2 N–H and O–H groups in total. The maximum Gasteiger partial charge on any atom is 0.415 e. The maximum absolute atomic E-state index is 12.5. The first kappa shape index (κ1) is 25.8. The number of cyclic esters (lactones) is 1. The van der Waals surface area contributed by atoms with Gasteiger partial charge in [-0.1, -0.05) is 11.2 Å². The number of likely N-dealkylation sites (tertiary alicyclic amines) is 1. The van der Waals surface area contributed by atoms with Crippen molar-refractivity contribution in [3.8, 4) is 23.5 Å². The van der Waals surface area contributed by atoms with E-state index < -0.39 is 11.5 Å². The van der Waals surface area contributed by atoms with Crippen LogP contribution in [0.3, 0.4) is 0 Å². The summed E-state index contributed by atoms with van der Waals surface area (Å²) in [6.07, 6.45) is 5.78. The Balaban J connectivity index is 1.32. The van der Waals surface area contributed by atoms with E-state index in [9.17, 15) is 10.1 Å². The van der Waals surface area contributed by atoms with Crippen LogP contribution >= 0.6 is 0 Å². The molecule has 3 unspecified atom stereocenters. The Morgan fingerprint density at radius 3 is 2.85 bits per heavy atom. The molecule has 11 nitrogen and oxygen atoms in total. The van der Waals surface area contributed by atoms with Crippen molar-refractivity contribution >= 4 is 17.6 Å². The lowest BCUT2D eigenvalue weighted by Crippen LogP contribution is -2.38. The first-order valence-electron chi connectivity index (χ1n) is 14.4. The molecule has 2 fully saturated rings. The fraction of sp³-hybridized carbons (Fsp3) is 0.500. The summed E-state index contributed by atoms with van der Waals surface area (Å²) in [6.45, 7) is 3.78. The minimum Gasteiger partial charge on any atom is -0.473 e. The molecule has 3 atom stereocenters. The lowest BCUT2D eigenvalue weighted by atomic mass is 9.68. The molecule has 0 bridgehead atoms. The molecule has 4 aliphatic rings. The van der Waals surface area contributed by atoms with Crippen molar-refractivity contribution in [2.24, 2.45) is 0 Å². The molecule has 2 aliphatic heterocycles. The van der Waals surface area contributed by atoms with Gasteiger partial charge in [0.05, 0.1) is 17.5 Å². The number of carbonyl (C=O) groups excluding carboxylic acids is 1. The second-order valence-corrected chi connectivity index (χ2v) is 11.6. The number of aryl methyl sites for hydroxylation is 1. The van der Waals surface area contributed by atoms with E-state index in [1.54, 1.807) is 6.07 Å². The van der Waals surface area contributed by atoms with Crippen molar-refractivity contribution in [1.29, 1.82) is 5.26 Å². The van der Waals surface area contributed by atoms with Crippen molar-refractivity contribution in [2.75, 3.05) is 37.4 Å². The quantitative estimate of drug-likeness (QED) is 0.459. The molecule has 1 spiro atoms. The maximum atomic E-state index is 12.5. The zero-order valence-electron chi connectivity index (χ0n) is 23.4. The highest BCUT2D eigenvalue weighted by atomic mass is 16.6. The van der Waals surface area contributed by atoms with Crippen LogP contribution in [0.1, 0.15) is 67.0 Å². The molecule has 2 aliphatic carbocycles. The summed E-state index contributed by atoms with van der Waals surface area (Å²) >= 11 is 0. The molecule has 4 heterocycles. The molecule has 1 amide bonds. The molecule has 2 saturated heterocycles. The van der Waals surface area contributed by atoms with E-state index in [0.29, 0.717) is 47.6 Å². The molecule has 1 aromatic carbocycles. The number of carbonyl (C=O) groups is 1. The number of amides is 1. The summed E-state index contributed by atoms with van der Waals surface area (Å²) < 4.78 is 17.7. The van der Waals surface area contributed by atoms with Gasteiger partial charge in [-0.05, 0) is 82.7 Å². The molecule has 0 radical (unpaired) electrons. The van der Waals surface area contributed by atoms with Crippen LogP contribution in [0.5, 0.6) is 5.88 Å². The molecule has 0 saturated carbocycles. The predicted molar refractivity (Wildman–Crippen MR) is 150 cm³/mol. The lowest BCUT2D eigenvalue weighted by Gasteiger charge is -2.33. The van der Waals surface area contributed by atoms with Gasteiger partial charge in [-0.2, -0.15) is 10.2 Å². The van der Waals surface area contributed by atoms with Crippen LogP contribution < -0.4 is 15.4 Å². The summed E-state index contributed by atoms with van der Waals surface area (Å²) in [6, 6.07) is 8.17. The molecular formula is C30H33N7O4. The number of nitriles is 1. The van der Waals surface area contributed by atoms with Crippen molar-refractivity contribution in [2.45, 2.75) is 69.4 Å². The highest BCUT2D eigenvalue weighted by molar-refractivity contribution is 5.88. The first-order valence-corrected chi connectivity index (χ1v) is 14.4. The van der Waals surface area contributed by atoms with Crippen LogP contribution in [-0.4, -0.2) is 65.0 Å². The SMILES string of the molecule is CC(Oc1cc(N2CCOC2=O)nc(-c2noc3c2CCCC32CCc3ccc(N)c(C#N)c32)n1)C1CCCN1C. The zero-order chi connectivity index (χ0) is 28.3. The van der Waals surface area contributed by atoms with Crippen molar-refractivity contribution < 1.29 is 18.8 Å². The Morgan fingerprint density at radius 1 is 1.22 bits per heavy atom. The van der Waals surface area contributed by atoms with E-state index in [-0.39, 0.29) is 12.1 Å². The van der Waals surface area contributed by atoms with Crippen molar-refractivity contribution in [1.82, 2.24) is 20.0 Å². The number of anilines is 2. The minimum absolute atomic E-state index is 0.108. The van der Waals surface area contributed by atoms with Crippen LogP contribution in [0.25, 0.3) is 11.5 Å². The number of likely N-dealkylation sites (N-methyl/N-ethyl adjacent to an activating group) is 1.